The van der Waals surface area contributed by atoms with E-state index in [0.29, 0.717) is 0 Å². The molecule has 0 spiro atoms. The van der Waals surface area contributed by atoms with Crippen LogP contribution in [0.1, 0.15) is 13.8 Å². The van der Waals surface area contributed by atoms with Crippen LogP contribution in [-0.2, 0) is 9.53 Å². The monoisotopic (exact) mass is 159 g/mol. The SMILES string of the molecule is CC(C)C(=O)OCN=C=S. The predicted octanol–water partition coefficient (Wildman–Crippen LogP) is 1.25. The van der Waals surface area contributed by atoms with E-state index >= 15 is 0 Å². The molecule has 0 rings (SSSR count). The second-order valence-electron chi connectivity index (χ2n) is 2.00. The molecule has 0 amide bonds. The number of aliphatic imine (C=N–C) groups is 1. The van der Waals surface area contributed by atoms with E-state index < -0.39 is 0 Å². The fourth-order valence-corrected chi connectivity index (χ4v) is 0.342. The summed E-state index contributed by atoms with van der Waals surface area (Å²) in [5.41, 5.74) is 0. The molecule has 0 aromatic carbocycles. The molecule has 10 heavy (non-hydrogen) atoms. The molecule has 56 valence electrons. The Kier molecular flexibility index (Phi) is 4.72. The van der Waals surface area contributed by atoms with Gasteiger partial charge in [0.15, 0.2) is 6.73 Å². The average Bonchev–Trinajstić information content (AvgIpc) is 1.88. The maximum Gasteiger partial charge on any atom is 0.310 e. The lowest BCUT2D eigenvalue weighted by Crippen LogP contribution is -2.11. The number of carbonyl (C=O) groups is 1. The van der Waals surface area contributed by atoms with Gasteiger partial charge in [-0.2, -0.15) is 4.99 Å². The van der Waals surface area contributed by atoms with Gasteiger partial charge in [-0.1, -0.05) is 13.8 Å². The molecule has 3 nitrogen and oxygen atoms in total. The molecular weight excluding hydrogens is 150 g/mol. The normalized spacial score (nSPS) is 8.70. The molecule has 0 saturated carbocycles. The number of hydrogen-bond donors (Lipinski definition) is 0. The van der Waals surface area contributed by atoms with Gasteiger partial charge in [-0.15, -0.1) is 0 Å². The number of thiocarbonyl (C=S) groups is 1. The maximum atomic E-state index is 10.7. The number of nitrogens with zero attached hydrogens (tertiary/aromatic N) is 1. The van der Waals surface area contributed by atoms with Crippen molar-refractivity contribution in [2.45, 2.75) is 13.8 Å². The van der Waals surface area contributed by atoms with Crippen molar-refractivity contribution in [3.05, 3.63) is 0 Å². The molecule has 0 bridgehead atoms. The molecule has 0 N–H and O–H groups in total. The molecule has 0 aliphatic carbocycles. The number of hydrogen-bond acceptors (Lipinski definition) is 4. The topological polar surface area (TPSA) is 38.7 Å². The van der Waals surface area contributed by atoms with E-state index in [9.17, 15) is 4.79 Å². The predicted molar refractivity (Wildman–Crippen MR) is 40.8 cm³/mol. The Balaban J connectivity index is 3.49. The van der Waals surface area contributed by atoms with Crippen molar-refractivity contribution in [1.29, 1.82) is 0 Å². The number of ether oxygens (including phenoxy) is 1. The number of esters is 1. The van der Waals surface area contributed by atoms with Crippen LogP contribution < -0.4 is 0 Å². The van der Waals surface area contributed by atoms with E-state index in [1.165, 1.54) is 0 Å². The summed E-state index contributed by atoms with van der Waals surface area (Å²) in [4.78, 5) is 14.1. The number of isothiocyanates is 1. The zero-order valence-electron chi connectivity index (χ0n) is 5.96. The Morgan fingerprint density at radius 1 is 1.80 bits per heavy atom. The minimum Gasteiger partial charge on any atom is -0.441 e. The molecule has 0 saturated heterocycles. The van der Waals surface area contributed by atoms with Crippen molar-refractivity contribution in [2.24, 2.45) is 10.9 Å². The minimum atomic E-state index is -0.269. The van der Waals surface area contributed by atoms with Crippen LogP contribution in [0, 0.1) is 5.92 Å². The van der Waals surface area contributed by atoms with Crippen LogP contribution in [0.15, 0.2) is 4.99 Å². The molecule has 0 fully saturated rings. The lowest BCUT2D eigenvalue weighted by atomic mass is 10.2. The Morgan fingerprint density at radius 2 is 2.40 bits per heavy atom. The third-order valence-corrected chi connectivity index (χ3v) is 0.936. The van der Waals surface area contributed by atoms with Gasteiger partial charge in [-0.3, -0.25) is 4.79 Å². The van der Waals surface area contributed by atoms with E-state index in [1.807, 2.05) is 0 Å². The smallest absolute Gasteiger partial charge is 0.310 e. The molecule has 0 aliphatic rings. The molecule has 0 aliphatic heterocycles. The van der Waals surface area contributed by atoms with Crippen LogP contribution in [0.5, 0.6) is 0 Å². The summed E-state index contributed by atoms with van der Waals surface area (Å²) in [6, 6.07) is 0. The summed E-state index contributed by atoms with van der Waals surface area (Å²) in [6.45, 7) is 3.49. The number of rotatable bonds is 3. The molecule has 4 heteroatoms. The summed E-state index contributed by atoms with van der Waals surface area (Å²) in [5.74, 6) is -0.380. The first kappa shape index (κ1) is 9.27. The van der Waals surface area contributed by atoms with Gasteiger partial charge in [-0.05, 0) is 12.2 Å². The average molecular weight is 159 g/mol. The van der Waals surface area contributed by atoms with Crippen LogP contribution in [0.25, 0.3) is 0 Å². The third kappa shape index (κ3) is 4.18. The highest BCUT2D eigenvalue weighted by Crippen LogP contribution is 1.94. The quantitative estimate of drug-likeness (QED) is 0.353. The number of carbonyl (C=O) groups excluding carboxylic acids is 1. The van der Waals surface area contributed by atoms with Crippen LogP contribution in [0.2, 0.25) is 0 Å². The molecular formula is C6H9NO2S. The van der Waals surface area contributed by atoms with Gasteiger partial charge in [0.05, 0.1) is 11.1 Å². The molecule has 0 radical (unpaired) electrons. The van der Waals surface area contributed by atoms with Crippen LogP contribution in [0.3, 0.4) is 0 Å². The van der Waals surface area contributed by atoms with Gasteiger partial charge < -0.3 is 4.74 Å². The van der Waals surface area contributed by atoms with Crippen molar-refractivity contribution >= 4 is 23.3 Å². The third-order valence-electron chi connectivity index (χ3n) is 0.807. The van der Waals surface area contributed by atoms with Crippen molar-refractivity contribution in [3.8, 4) is 0 Å². The second kappa shape index (κ2) is 5.09. The van der Waals surface area contributed by atoms with Gasteiger partial charge >= 0.3 is 5.97 Å². The van der Waals surface area contributed by atoms with Gasteiger partial charge in [0.2, 0.25) is 0 Å². The molecule has 0 atom stereocenters. The first-order chi connectivity index (χ1) is 4.68. The lowest BCUT2D eigenvalue weighted by Gasteiger charge is -2.01. The first-order valence-electron chi connectivity index (χ1n) is 2.88. The Labute approximate surface area is 65.1 Å². The molecule has 0 aromatic rings. The van der Waals surface area contributed by atoms with E-state index in [2.05, 4.69) is 27.1 Å². The van der Waals surface area contributed by atoms with Crippen molar-refractivity contribution in [1.82, 2.24) is 0 Å². The summed E-state index contributed by atoms with van der Waals surface area (Å²) < 4.78 is 4.61. The summed E-state index contributed by atoms with van der Waals surface area (Å²) in [5, 5.41) is 2.09. The minimum absolute atomic E-state index is 0.0134. The van der Waals surface area contributed by atoms with Gasteiger partial charge in [0, 0.05) is 0 Å². The van der Waals surface area contributed by atoms with Crippen LogP contribution in [-0.4, -0.2) is 17.9 Å². The molecule has 0 unspecified atom stereocenters. The first-order valence-corrected chi connectivity index (χ1v) is 3.29. The summed E-state index contributed by atoms with van der Waals surface area (Å²) in [7, 11) is 0. The van der Waals surface area contributed by atoms with Crippen LogP contribution >= 0.6 is 12.2 Å². The molecule has 0 aromatic heterocycles. The lowest BCUT2D eigenvalue weighted by molar-refractivity contribution is -0.146. The van der Waals surface area contributed by atoms with E-state index in [0.717, 1.165) is 0 Å². The largest absolute Gasteiger partial charge is 0.441 e. The van der Waals surface area contributed by atoms with E-state index in [-0.39, 0.29) is 18.6 Å². The Hall–Kier alpha value is -0.730. The highest BCUT2D eigenvalue weighted by molar-refractivity contribution is 7.78. The van der Waals surface area contributed by atoms with Gasteiger partial charge in [0.25, 0.3) is 0 Å². The van der Waals surface area contributed by atoms with Crippen molar-refractivity contribution < 1.29 is 9.53 Å². The van der Waals surface area contributed by atoms with Crippen LogP contribution in [0.4, 0.5) is 0 Å². The Morgan fingerprint density at radius 3 is 2.80 bits per heavy atom. The highest BCUT2D eigenvalue weighted by atomic mass is 32.1. The zero-order valence-corrected chi connectivity index (χ0v) is 6.77. The van der Waals surface area contributed by atoms with E-state index in [4.69, 9.17) is 0 Å². The molecule has 0 heterocycles. The van der Waals surface area contributed by atoms with Gasteiger partial charge in [0.1, 0.15) is 0 Å². The fraction of sp³-hybridized carbons (Fsp3) is 0.667. The van der Waals surface area contributed by atoms with Crippen molar-refractivity contribution in [2.75, 3.05) is 6.73 Å². The van der Waals surface area contributed by atoms with E-state index in [1.54, 1.807) is 13.8 Å². The highest BCUT2D eigenvalue weighted by Gasteiger charge is 2.05. The van der Waals surface area contributed by atoms with Gasteiger partial charge in [-0.25, -0.2) is 0 Å². The van der Waals surface area contributed by atoms with Crippen molar-refractivity contribution in [3.63, 3.8) is 0 Å². The zero-order chi connectivity index (χ0) is 7.98. The maximum absolute atomic E-state index is 10.7. The standard InChI is InChI=1S/C6H9NO2S/c1-5(2)6(8)9-3-7-4-10/h5H,3H2,1-2H3. The fourth-order valence-electron chi connectivity index (χ4n) is 0.289. The Bertz CT molecular complexity index is 161. The summed E-state index contributed by atoms with van der Waals surface area (Å²) in [6.07, 6.45) is 0. The summed E-state index contributed by atoms with van der Waals surface area (Å²) >= 11 is 4.26. The second-order valence-corrected chi connectivity index (χ2v) is 2.18.